The number of aromatic amines is 1. The normalized spacial score (nSPS) is 18.2. The van der Waals surface area contributed by atoms with Crippen molar-refractivity contribution in [1.82, 2.24) is 20.3 Å². The molecule has 1 fully saturated rings. The number of amides is 1. The average molecular weight is 340 g/mol. The molecule has 6 heteroatoms. The fraction of sp³-hybridized carbons (Fsp3) is 0.389. The number of thiophene rings is 1. The van der Waals surface area contributed by atoms with E-state index in [2.05, 4.69) is 37.8 Å². The van der Waals surface area contributed by atoms with Crippen LogP contribution in [0.3, 0.4) is 0 Å². The summed E-state index contributed by atoms with van der Waals surface area (Å²) in [4.78, 5) is 16.5. The number of benzene rings is 1. The predicted octanol–water partition coefficient (Wildman–Crippen LogP) is 3.65. The van der Waals surface area contributed by atoms with Gasteiger partial charge in [0.15, 0.2) is 0 Å². The zero-order valence-corrected chi connectivity index (χ0v) is 14.3. The van der Waals surface area contributed by atoms with Gasteiger partial charge < -0.3 is 4.90 Å². The molecule has 0 saturated carbocycles. The molecule has 24 heavy (non-hydrogen) atoms. The van der Waals surface area contributed by atoms with Gasteiger partial charge in [-0.2, -0.15) is 15.4 Å². The van der Waals surface area contributed by atoms with Crippen molar-refractivity contribution in [3.05, 3.63) is 46.2 Å². The molecule has 2 aromatic heterocycles. The third kappa shape index (κ3) is 3.06. The molecule has 5 nitrogen and oxygen atoms in total. The van der Waals surface area contributed by atoms with Gasteiger partial charge in [0.2, 0.25) is 0 Å². The lowest BCUT2D eigenvalue weighted by Gasteiger charge is -2.36. The number of likely N-dealkylation sites (tertiary alicyclic amines) is 1. The molecule has 0 unspecified atom stereocenters. The summed E-state index contributed by atoms with van der Waals surface area (Å²) in [5.74, 6) is 0.121. The van der Waals surface area contributed by atoms with Crippen molar-refractivity contribution in [2.75, 3.05) is 6.54 Å². The largest absolute Gasteiger partial charge is 0.336 e. The van der Waals surface area contributed by atoms with Gasteiger partial charge in [-0.3, -0.25) is 4.79 Å². The Morgan fingerprint density at radius 3 is 3.04 bits per heavy atom. The number of hydrogen-bond acceptors (Lipinski definition) is 4. The quantitative estimate of drug-likeness (QED) is 0.788. The van der Waals surface area contributed by atoms with E-state index in [1.807, 2.05) is 18.2 Å². The fourth-order valence-corrected chi connectivity index (χ4v) is 4.20. The van der Waals surface area contributed by atoms with Gasteiger partial charge in [-0.25, -0.2) is 0 Å². The van der Waals surface area contributed by atoms with E-state index in [9.17, 15) is 4.79 Å². The lowest BCUT2D eigenvalue weighted by Crippen LogP contribution is -2.44. The second kappa shape index (κ2) is 6.73. The number of hydrogen-bond donors (Lipinski definition) is 1. The molecule has 1 N–H and O–H groups in total. The summed E-state index contributed by atoms with van der Waals surface area (Å²) < 4.78 is 0. The minimum Gasteiger partial charge on any atom is -0.336 e. The number of nitrogens with one attached hydrogen (secondary N) is 1. The van der Waals surface area contributed by atoms with Crippen LogP contribution in [0.25, 0.3) is 11.0 Å². The molecule has 1 amide bonds. The molecule has 1 aliphatic rings. The summed E-state index contributed by atoms with van der Waals surface area (Å²) >= 11 is 1.80. The van der Waals surface area contributed by atoms with Gasteiger partial charge in [0.05, 0.1) is 0 Å². The first-order valence-electron chi connectivity index (χ1n) is 8.45. The molecule has 0 aliphatic carbocycles. The van der Waals surface area contributed by atoms with Gasteiger partial charge in [0.1, 0.15) is 11.0 Å². The SMILES string of the molecule is O=C(c1ccc2n[nH]nc2c1)N1CCCC[C@H]1CCc1cccs1. The van der Waals surface area contributed by atoms with Crippen molar-refractivity contribution >= 4 is 28.3 Å². The Morgan fingerprint density at radius 1 is 1.25 bits per heavy atom. The summed E-state index contributed by atoms with van der Waals surface area (Å²) in [6.45, 7) is 0.852. The number of rotatable bonds is 4. The maximum absolute atomic E-state index is 13.0. The van der Waals surface area contributed by atoms with Crippen LogP contribution in [0.15, 0.2) is 35.7 Å². The molecule has 124 valence electrons. The van der Waals surface area contributed by atoms with E-state index in [1.165, 1.54) is 11.3 Å². The van der Waals surface area contributed by atoms with Gasteiger partial charge in [0.25, 0.3) is 5.91 Å². The number of nitrogens with zero attached hydrogens (tertiary/aromatic N) is 3. The first-order chi connectivity index (χ1) is 11.8. The highest BCUT2D eigenvalue weighted by Crippen LogP contribution is 2.25. The van der Waals surface area contributed by atoms with Crippen molar-refractivity contribution in [2.24, 2.45) is 0 Å². The lowest BCUT2D eigenvalue weighted by atomic mass is 9.96. The first-order valence-corrected chi connectivity index (χ1v) is 9.33. The van der Waals surface area contributed by atoms with Crippen molar-refractivity contribution < 1.29 is 4.79 Å². The van der Waals surface area contributed by atoms with E-state index in [0.29, 0.717) is 11.6 Å². The highest BCUT2D eigenvalue weighted by atomic mass is 32.1. The second-order valence-electron chi connectivity index (χ2n) is 6.29. The van der Waals surface area contributed by atoms with Crippen LogP contribution < -0.4 is 0 Å². The van der Waals surface area contributed by atoms with Gasteiger partial charge in [-0.15, -0.1) is 11.3 Å². The summed E-state index contributed by atoms with van der Waals surface area (Å²) in [6, 6.07) is 10.2. The molecule has 0 bridgehead atoms. The van der Waals surface area contributed by atoms with Gasteiger partial charge in [-0.05, 0) is 61.7 Å². The van der Waals surface area contributed by atoms with Crippen LogP contribution in [0.5, 0.6) is 0 Å². The van der Waals surface area contributed by atoms with Crippen molar-refractivity contribution in [1.29, 1.82) is 0 Å². The molecule has 0 radical (unpaired) electrons. The molecule has 3 heterocycles. The molecule has 4 rings (SSSR count). The number of H-pyrrole nitrogens is 1. The summed E-state index contributed by atoms with van der Waals surface area (Å²) in [6.07, 6.45) is 5.49. The molecule has 1 saturated heterocycles. The Morgan fingerprint density at radius 2 is 2.17 bits per heavy atom. The number of aromatic nitrogens is 3. The number of aryl methyl sites for hydroxylation is 1. The van der Waals surface area contributed by atoms with Crippen molar-refractivity contribution in [3.63, 3.8) is 0 Å². The van der Waals surface area contributed by atoms with E-state index in [-0.39, 0.29) is 5.91 Å². The number of piperidine rings is 1. The lowest BCUT2D eigenvalue weighted by molar-refractivity contribution is 0.0602. The smallest absolute Gasteiger partial charge is 0.254 e. The third-order valence-corrected chi connectivity index (χ3v) is 5.69. The molecule has 1 atom stereocenters. The van der Waals surface area contributed by atoms with Crippen LogP contribution in [0.4, 0.5) is 0 Å². The van der Waals surface area contributed by atoms with Crippen LogP contribution >= 0.6 is 11.3 Å². The molecular weight excluding hydrogens is 320 g/mol. The predicted molar refractivity (Wildman–Crippen MR) is 95.2 cm³/mol. The summed E-state index contributed by atoms with van der Waals surface area (Å²) in [5, 5.41) is 12.9. The van der Waals surface area contributed by atoms with E-state index in [0.717, 1.165) is 43.3 Å². The number of carbonyl (C=O) groups is 1. The fourth-order valence-electron chi connectivity index (χ4n) is 3.47. The molecule has 0 spiro atoms. The van der Waals surface area contributed by atoms with Gasteiger partial charge in [-0.1, -0.05) is 6.07 Å². The van der Waals surface area contributed by atoms with Crippen LogP contribution in [0.2, 0.25) is 0 Å². The second-order valence-corrected chi connectivity index (χ2v) is 7.33. The van der Waals surface area contributed by atoms with Crippen LogP contribution in [0, 0.1) is 0 Å². The highest BCUT2D eigenvalue weighted by molar-refractivity contribution is 7.09. The molecule has 1 aliphatic heterocycles. The third-order valence-electron chi connectivity index (χ3n) is 4.76. The Kier molecular flexibility index (Phi) is 4.30. The minimum atomic E-state index is 0.121. The zero-order valence-electron chi connectivity index (χ0n) is 13.4. The monoisotopic (exact) mass is 340 g/mol. The molecule has 1 aromatic carbocycles. The van der Waals surface area contributed by atoms with Crippen LogP contribution in [-0.2, 0) is 6.42 Å². The number of carbonyl (C=O) groups excluding carboxylic acids is 1. The van der Waals surface area contributed by atoms with Gasteiger partial charge in [0, 0.05) is 23.0 Å². The molecule has 3 aromatic rings. The summed E-state index contributed by atoms with van der Waals surface area (Å²) in [7, 11) is 0. The first kappa shape index (κ1) is 15.3. The van der Waals surface area contributed by atoms with E-state index >= 15 is 0 Å². The van der Waals surface area contributed by atoms with Crippen molar-refractivity contribution in [2.45, 2.75) is 38.1 Å². The summed E-state index contributed by atoms with van der Waals surface area (Å²) in [5.41, 5.74) is 2.24. The Balaban J connectivity index is 1.51. The van der Waals surface area contributed by atoms with Crippen LogP contribution in [0.1, 0.15) is 40.9 Å². The van der Waals surface area contributed by atoms with Crippen molar-refractivity contribution in [3.8, 4) is 0 Å². The standard InChI is InChI=1S/C18H20N4OS/c23-18(13-6-9-16-17(12-13)20-21-19-16)22-10-2-1-4-14(22)7-8-15-5-3-11-24-15/h3,5-6,9,11-12,14H,1-2,4,7-8,10H2,(H,19,20,21)/t14-/m0/s1. The van der Waals surface area contributed by atoms with Crippen LogP contribution in [-0.4, -0.2) is 38.8 Å². The highest BCUT2D eigenvalue weighted by Gasteiger charge is 2.27. The van der Waals surface area contributed by atoms with E-state index < -0.39 is 0 Å². The Bertz CT molecular complexity index is 827. The number of fused-ring (bicyclic) bond motifs is 1. The topological polar surface area (TPSA) is 61.9 Å². The molecular formula is C18H20N4OS. The average Bonchev–Trinajstić information content (AvgIpc) is 3.30. The van der Waals surface area contributed by atoms with Gasteiger partial charge >= 0.3 is 0 Å². The maximum atomic E-state index is 13.0. The Hall–Kier alpha value is -2.21. The van der Waals surface area contributed by atoms with E-state index in [1.54, 1.807) is 11.3 Å². The zero-order chi connectivity index (χ0) is 16.4. The Labute approximate surface area is 144 Å². The van der Waals surface area contributed by atoms with E-state index in [4.69, 9.17) is 0 Å². The minimum absolute atomic E-state index is 0.121. The maximum Gasteiger partial charge on any atom is 0.254 e.